The van der Waals surface area contributed by atoms with Gasteiger partial charge in [-0.1, -0.05) is 17.2 Å². The first-order valence-corrected chi connectivity index (χ1v) is 4.30. The van der Waals surface area contributed by atoms with Gasteiger partial charge in [0.05, 0.1) is 7.11 Å². The minimum Gasteiger partial charge on any atom is -0.497 e. The van der Waals surface area contributed by atoms with E-state index in [1.807, 2.05) is 24.3 Å². The maximum Gasteiger partial charge on any atom is 0.288 e. The molecule has 1 N–H and O–H groups in total. The molecule has 0 saturated heterocycles. The number of aromatic amines is 1. The molecule has 1 aromatic heterocycles. The van der Waals surface area contributed by atoms with Crippen molar-refractivity contribution in [2.75, 3.05) is 7.11 Å². The molecule has 6 heteroatoms. The number of methoxy groups -OCH3 is 1. The molecule has 0 aliphatic carbocycles. The molecule has 0 radical (unpaired) electrons. The molecule has 6 nitrogen and oxygen atoms in total. The highest BCUT2D eigenvalue weighted by Crippen LogP contribution is 2.11. The highest BCUT2D eigenvalue weighted by molar-refractivity contribution is 5.81. The Balaban J connectivity index is 2.17. The predicted octanol–water partition coefficient (Wildman–Crippen LogP) is 0.959. The summed E-state index contributed by atoms with van der Waals surface area (Å²) in [5.74, 6) is 1.09. The summed E-state index contributed by atoms with van der Waals surface area (Å²) in [5.41, 5.74) is 0.916. The fraction of sp³-hybridized carbons (Fsp3) is 0.111. The zero-order valence-corrected chi connectivity index (χ0v) is 8.08. The average Bonchev–Trinajstić information content (AvgIpc) is 2.79. The lowest BCUT2D eigenvalue weighted by atomic mass is 10.2. The van der Waals surface area contributed by atoms with E-state index in [0.29, 0.717) is 5.95 Å². The van der Waals surface area contributed by atoms with Crippen molar-refractivity contribution in [3.05, 3.63) is 29.8 Å². The molecule has 2 rings (SSSR count). The third-order valence-electron chi connectivity index (χ3n) is 1.76. The molecule has 0 aliphatic heterocycles. The first-order valence-electron chi connectivity index (χ1n) is 4.30. The van der Waals surface area contributed by atoms with Crippen LogP contribution in [0.15, 0.2) is 29.3 Å². The van der Waals surface area contributed by atoms with E-state index < -0.39 is 0 Å². The number of ether oxygens (including phenoxy) is 1. The van der Waals surface area contributed by atoms with Gasteiger partial charge in [-0.15, -0.1) is 5.10 Å². The van der Waals surface area contributed by atoms with Gasteiger partial charge in [0.25, 0.3) is 5.95 Å². The molecular formula is C9H9N5O. The van der Waals surface area contributed by atoms with Gasteiger partial charge in [0.1, 0.15) is 5.75 Å². The van der Waals surface area contributed by atoms with E-state index in [-0.39, 0.29) is 0 Å². The maximum atomic E-state index is 5.08. The Kier molecular flexibility index (Phi) is 2.68. The molecule has 1 aromatic carbocycles. The Morgan fingerprint density at radius 2 is 2.40 bits per heavy atom. The van der Waals surface area contributed by atoms with Gasteiger partial charge < -0.3 is 4.74 Å². The standard InChI is InChI=1S/C9H9N5O/c1-15-8-4-2-3-7(5-8)6-10-9-11-13-14-12-9/h2-6H,1H3,(H,11,12,13,14)/b10-6+. The lowest BCUT2D eigenvalue weighted by molar-refractivity contribution is 0.415. The van der Waals surface area contributed by atoms with Crippen molar-refractivity contribution in [2.45, 2.75) is 0 Å². The van der Waals surface area contributed by atoms with Gasteiger partial charge in [0.2, 0.25) is 0 Å². The summed E-state index contributed by atoms with van der Waals surface area (Å²) < 4.78 is 5.08. The number of hydrogen-bond donors (Lipinski definition) is 1. The lowest BCUT2D eigenvalue weighted by Crippen LogP contribution is -1.85. The monoisotopic (exact) mass is 203 g/mol. The van der Waals surface area contributed by atoms with Gasteiger partial charge in [0.15, 0.2) is 0 Å². The van der Waals surface area contributed by atoms with E-state index in [2.05, 4.69) is 25.6 Å². The van der Waals surface area contributed by atoms with Crippen molar-refractivity contribution in [2.24, 2.45) is 4.99 Å². The molecule has 0 spiro atoms. The summed E-state index contributed by atoms with van der Waals surface area (Å²) in [5, 5.41) is 13.1. The third-order valence-corrected chi connectivity index (χ3v) is 1.76. The van der Waals surface area contributed by atoms with Gasteiger partial charge in [-0.2, -0.15) is 5.21 Å². The van der Waals surface area contributed by atoms with E-state index >= 15 is 0 Å². The summed E-state index contributed by atoms with van der Waals surface area (Å²) >= 11 is 0. The van der Waals surface area contributed by atoms with Crippen LogP contribution < -0.4 is 4.74 Å². The number of H-pyrrole nitrogens is 1. The molecular weight excluding hydrogens is 194 g/mol. The van der Waals surface area contributed by atoms with E-state index in [1.165, 1.54) is 0 Å². The SMILES string of the molecule is COc1cccc(/C=N/c2nn[nH]n2)c1. The number of hydrogen-bond acceptors (Lipinski definition) is 5. The topological polar surface area (TPSA) is 76.1 Å². The Morgan fingerprint density at radius 3 is 3.13 bits per heavy atom. The Hall–Kier alpha value is -2.24. The second-order valence-corrected chi connectivity index (χ2v) is 2.75. The highest BCUT2D eigenvalue weighted by Gasteiger charge is 1.94. The number of aliphatic imine (C=N–C) groups is 1. The minimum atomic E-state index is 0.304. The zero-order valence-electron chi connectivity index (χ0n) is 8.08. The van der Waals surface area contributed by atoms with E-state index in [4.69, 9.17) is 4.74 Å². The van der Waals surface area contributed by atoms with Gasteiger partial charge >= 0.3 is 0 Å². The molecule has 0 fully saturated rings. The van der Waals surface area contributed by atoms with Crippen LogP contribution in [0.1, 0.15) is 5.56 Å². The third kappa shape index (κ3) is 2.37. The first-order chi connectivity index (χ1) is 7.38. The average molecular weight is 203 g/mol. The van der Waals surface area contributed by atoms with Crippen molar-refractivity contribution in [3.63, 3.8) is 0 Å². The summed E-state index contributed by atoms with van der Waals surface area (Å²) in [7, 11) is 1.62. The highest BCUT2D eigenvalue weighted by atomic mass is 16.5. The minimum absolute atomic E-state index is 0.304. The predicted molar refractivity (Wildman–Crippen MR) is 54.4 cm³/mol. The fourth-order valence-corrected chi connectivity index (χ4v) is 1.07. The first kappa shape index (κ1) is 9.32. The number of tetrazole rings is 1. The van der Waals surface area contributed by atoms with Crippen molar-refractivity contribution in [1.29, 1.82) is 0 Å². The molecule has 2 aromatic rings. The summed E-state index contributed by atoms with van der Waals surface area (Å²) in [4.78, 5) is 4.02. The molecule has 0 bridgehead atoms. The van der Waals surface area contributed by atoms with Gasteiger partial charge in [0, 0.05) is 6.21 Å². The molecule has 15 heavy (non-hydrogen) atoms. The van der Waals surface area contributed by atoms with Crippen LogP contribution in [0, 0.1) is 0 Å². The van der Waals surface area contributed by atoms with Crippen LogP contribution >= 0.6 is 0 Å². The van der Waals surface area contributed by atoms with Crippen LogP contribution in [0.3, 0.4) is 0 Å². The Bertz CT molecular complexity index is 451. The Labute approximate surface area is 86.0 Å². The van der Waals surface area contributed by atoms with Crippen molar-refractivity contribution in [3.8, 4) is 5.75 Å². The smallest absolute Gasteiger partial charge is 0.288 e. The molecule has 0 amide bonds. The van der Waals surface area contributed by atoms with Crippen molar-refractivity contribution >= 4 is 12.2 Å². The van der Waals surface area contributed by atoms with Crippen molar-refractivity contribution < 1.29 is 4.74 Å². The summed E-state index contributed by atoms with van der Waals surface area (Å²) in [6.45, 7) is 0. The second-order valence-electron chi connectivity index (χ2n) is 2.75. The number of benzene rings is 1. The molecule has 0 aliphatic rings. The quantitative estimate of drug-likeness (QED) is 0.754. The van der Waals surface area contributed by atoms with Crippen LogP contribution in [0.5, 0.6) is 5.75 Å². The molecule has 76 valence electrons. The van der Waals surface area contributed by atoms with E-state index in [1.54, 1.807) is 13.3 Å². The molecule has 0 saturated carbocycles. The van der Waals surface area contributed by atoms with Gasteiger partial charge in [-0.25, -0.2) is 4.99 Å². The van der Waals surface area contributed by atoms with Gasteiger partial charge in [-0.05, 0) is 22.9 Å². The van der Waals surface area contributed by atoms with Crippen LogP contribution in [-0.4, -0.2) is 33.9 Å². The second kappa shape index (κ2) is 4.32. The Morgan fingerprint density at radius 1 is 1.47 bits per heavy atom. The maximum absolute atomic E-state index is 5.08. The number of aromatic nitrogens is 4. The van der Waals surface area contributed by atoms with Crippen molar-refractivity contribution in [1.82, 2.24) is 20.6 Å². The summed E-state index contributed by atoms with van der Waals surface area (Å²) in [6.07, 6.45) is 1.65. The number of nitrogens with one attached hydrogen (secondary N) is 1. The fourth-order valence-electron chi connectivity index (χ4n) is 1.07. The molecule has 0 atom stereocenters. The van der Waals surface area contributed by atoms with Crippen LogP contribution in [0.25, 0.3) is 0 Å². The number of rotatable bonds is 3. The van der Waals surface area contributed by atoms with Crippen LogP contribution in [-0.2, 0) is 0 Å². The van der Waals surface area contributed by atoms with Crippen LogP contribution in [0.2, 0.25) is 0 Å². The zero-order chi connectivity index (χ0) is 10.5. The van der Waals surface area contributed by atoms with E-state index in [9.17, 15) is 0 Å². The molecule has 1 heterocycles. The van der Waals surface area contributed by atoms with Gasteiger partial charge in [-0.3, -0.25) is 0 Å². The van der Waals surface area contributed by atoms with E-state index in [0.717, 1.165) is 11.3 Å². The number of nitrogens with zero attached hydrogens (tertiary/aromatic N) is 4. The summed E-state index contributed by atoms with van der Waals surface area (Å²) in [6, 6.07) is 7.53. The normalized spacial score (nSPS) is 10.7. The molecule has 0 unspecified atom stereocenters. The largest absolute Gasteiger partial charge is 0.497 e. The lowest BCUT2D eigenvalue weighted by Gasteiger charge is -1.98. The van der Waals surface area contributed by atoms with Crippen LogP contribution in [0.4, 0.5) is 5.95 Å².